The summed E-state index contributed by atoms with van der Waals surface area (Å²) in [7, 11) is 0. The highest BCUT2D eigenvalue weighted by Crippen LogP contribution is 2.21. The summed E-state index contributed by atoms with van der Waals surface area (Å²) in [5, 5.41) is 4.59. The molecule has 0 amide bonds. The quantitative estimate of drug-likeness (QED) is 0.720. The molecule has 19 heavy (non-hydrogen) atoms. The number of halogens is 1. The van der Waals surface area contributed by atoms with Gasteiger partial charge in [0.05, 0.1) is 0 Å². The van der Waals surface area contributed by atoms with Crippen LogP contribution in [0.3, 0.4) is 0 Å². The molecule has 1 aromatic carbocycles. The zero-order valence-electron chi connectivity index (χ0n) is 11.5. The second-order valence-electron chi connectivity index (χ2n) is 5.29. The van der Waals surface area contributed by atoms with Crippen LogP contribution in [0, 0.1) is 0 Å². The maximum atomic E-state index is 6.14. The zero-order valence-corrected chi connectivity index (χ0v) is 13.1. The van der Waals surface area contributed by atoms with Gasteiger partial charge in [-0.3, -0.25) is 0 Å². The summed E-state index contributed by atoms with van der Waals surface area (Å²) in [6.07, 6.45) is 8.29. The molecule has 0 heterocycles. The van der Waals surface area contributed by atoms with Crippen molar-refractivity contribution in [1.29, 1.82) is 0 Å². The molecule has 0 unspecified atom stereocenters. The van der Waals surface area contributed by atoms with Crippen LogP contribution in [0.1, 0.15) is 44.1 Å². The third-order valence-electron chi connectivity index (χ3n) is 3.72. The summed E-state index contributed by atoms with van der Waals surface area (Å²) in [6, 6.07) is 8.94. The van der Waals surface area contributed by atoms with E-state index >= 15 is 0 Å². The number of hydrogen-bond donors (Lipinski definition) is 1. The van der Waals surface area contributed by atoms with E-state index in [4.69, 9.17) is 11.6 Å². The highest BCUT2D eigenvalue weighted by Gasteiger charge is 2.11. The molecular weight excluding hydrogens is 274 g/mol. The largest absolute Gasteiger partial charge is 0.314 e. The van der Waals surface area contributed by atoms with Gasteiger partial charge in [0.2, 0.25) is 0 Å². The van der Waals surface area contributed by atoms with E-state index < -0.39 is 0 Å². The van der Waals surface area contributed by atoms with Crippen LogP contribution >= 0.6 is 23.4 Å². The molecule has 1 saturated carbocycles. The predicted molar refractivity (Wildman–Crippen MR) is 87.1 cm³/mol. The van der Waals surface area contributed by atoms with Gasteiger partial charge in [-0.1, -0.05) is 49.1 Å². The van der Waals surface area contributed by atoms with Crippen LogP contribution in [0.4, 0.5) is 0 Å². The number of rotatable bonds is 7. The summed E-state index contributed by atoms with van der Waals surface area (Å²) in [5.74, 6) is 2.24. The fourth-order valence-electron chi connectivity index (χ4n) is 2.58. The molecule has 1 aliphatic carbocycles. The first kappa shape index (κ1) is 15.2. The standard InChI is InChI=1S/C16H24ClNS/c17-16-10-5-4-7-14(16)13-19-12-6-11-18-15-8-2-1-3-9-15/h4-5,7,10,15,18H,1-3,6,8-9,11-13H2. The van der Waals surface area contributed by atoms with Gasteiger partial charge in [-0.25, -0.2) is 0 Å². The maximum absolute atomic E-state index is 6.14. The molecule has 0 radical (unpaired) electrons. The van der Waals surface area contributed by atoms with Gasteiger partial charge in [0.25, 0.3) is 0 Å². The number of benzene rings is 1. The first-order chi connectivity index (χ1) is 9.36. The van der Waals surface area contributed by atoms with Gasteiger partial charge in [0.1, 0.15) is 0 Å². The number of thioether (sulfide) groups is 1. The van der Waals surface area contributed by atoms with Gasteiger partial charge in [-0.05, 0) is 43.2 Å². The lowest BCUT2D eigenvalue weighted by Crippen LogP contribution is -2.31. The van der Waals surface area contributed by atoms with E-state index in [1.165, 1.54) is 56.4 Å². The van der Waals surface area contributed by atoms with E-state index in [0.717, 1.165) is 16.8 Å². The Kier molecular flexibility index (Phi) is 7.11. The van der Waals surface area contributed by atoms with Gasteiger partial charge in [0.15, 0.2) is 0 Å². The van der Waals surface area contributed by atoms with Crippen molar-refractivity contribution >= 4 is 23.4 Å². The highest BCUT2D eigenvalue weighted by atomic mass is 35.5. The molecule has 0 saturated heterocycles. The molecule has 0 atom stereocenters. The Morgan fingerprint density at radius 2 is 1.95 bits per heavy atom. The average Bonchev–Trinajstić information content (AvgIpc) is 2.45. The molecule has 0 bridgehead atoms. The summed E-state index contributed by atoms with van der Waals surface area (Å²) >= 11 is 8.12. The molecule has 0 spiro atoms. The van der Waals surface area contributed by atoms with Crippen molar-refractivity contribution in [1.82, 2.24) is 5.32 Å². The van der Waals surface area contributed by atoms with E-state index in [2.05, 4.69) is 17.4 Å². The van der Waals surface area contributed by atoms with Crippen molar-refractivity contribution < 1.29 is 0 Å². The molecule has 1 N–H and O–H groups in total. The Hall–Kier alpha value is -0.180. The van der Waals surface area contributed by atoms with E-state index in [-0.39, 0.29) is 0 Å². The second kappa shape index (κ2) is 8.89. The third-order valence-corrected chi connectivity index (χ3v) is 5.18. The number of nitrogens with one attached hydrogen (secondary N) is 1. The van der Waals surface area contributed by atoms with Crippen molar-refractivity contribution in [2.45, 2.75) is 50.3 Å². The minimum absolute atomic E-state index is 0.794. The molecular formula is C16H24ClNS. The predicted octanol–water partition coefficient (Wildman–Crippen LogP) is 4.89. The Morgan fingerprint density at radius 3 is 2.74 bits per heavy atom. The minimum Gasteiger partial charge on any atom is -0.314 e. The summed E-state index contributed by atoms with van der Waals surface area (Å²) in [4.78, 5) is 0. The van der Waals surface area contributed by atoms with Crippen LogP contribution in [-0.2, 0) is 5.75 Å². The normalized spacial score (nSPS) is 16.7. The van der Waals surface area contributed by atoms with E-state index in [1.54, 1.807) is 0 Å². The van der Waals surface area contributed by atoms with Gasteiger partial charge in [0, 0.05) is 16.8 Å². The fraction of sp³-hybridized carbons (Fsp3) is 0.625. The first-order valence-electron chi connectivity index (χ1n) is 7.41. The molecule has 0 aliphatic heterocycles. The van der Waals surface area contributed by atoms with Gasteiger partial charge in [-0.2, -0.15) is 11.8 Å². The Bertz CT molecular complexity index is 364. The molecule has 2 rings (SSSR count). The van der Waals surface area contributed by atoms with Crippen molar-refractivity contribution in [3.63, 3.8) is 0 Å². The molecule has 1 fully saturated rings. The lowest BCUT2D eigenvalue weighted by molar-refractivity contribution is 0.375. The van der Waals surface area contributed by atoms with Gasteiger partial charge >= 0.3 is 0 Å². The van der Waals surface area contributed by atoms with E-state index in [9.17, 15) is 0 Å². The third kappa shape index (κ3) is 5.76. The lowest BCUT2D eigenvalue weighted by Gasteiger charge is -2.22. The Balaban J connectivity index is 1.51. The minimum atomic E-state index is 0.794. The van der Waals surface area contributed by atoms with Crippen LogP contribution in [0.5, 0.6) is 0 Å². The van der Waals surface area contributed by atoms with Crippen LogP contribution in [-0.4, -0.2) is 18.3 Å². The maximum Gasteiger partial charge on any atom is 0.0446 e. The van der Waals surface area contributed by atoms with Gasteiger partial charge in [-0.15, -0.1) is 0 Å². The molecule has 1 aliphatic rings. The van der Waals surface area contributed by atoms with Crippen LogP contribution in [0.2, 0.25) is 5.02 Å². The summed E-state index contributed by atoms with van der Waals surface area (Å²) in [5.41, 5.74) is 1.26. The number of hydrogen-bond acceptors (Lipinski definition) is 2. The van der Waals surface area contributed by atoms with E-state index in [1.807, 2.05) is 23.9 Å². The highest BCUT2D eigenvalue weighted by molar-refractivity contribution is 7.98. The van der Waals surface area contributed by atoms with Crippen molar-refractivity contribution in [3.05, 3.63) is 34.9 Å². The van der Waals surface area contributed by atoms with Crippen molar-refractivity contribution in [2.75, 3.05) is 12.3 Å². The van der Waals surface area contributed by atoms with Gasteiger partial charge < -0.3 is 5.32 Å². The molecule has 1 nitrogen and oxygen atoms in total. The Morgan fingerprint density at radius 1 is 1.16 bits per heavy atom. The Labute approximate surface area is 126 Å². The topological polar surface area (TPSA) is 12.0 Å². The lowest BCUT2D eigenvalue weighted by atomic mass is 9.95. The summed E-state index contributed by atoms with van der Waals surface area (Å²) < 4.78 is 0. The van der Waals surface area contributed by atoms with Crippen LogP contribution < -0.4 is 5.32 Å². The van der Waals surface area contributed by atoms with Crippen molar-refractivity contribution in [2.24, 2.45) is 0 Å². The fourth-order valence-corrected chi connectivity index (χ4v) is 3.83. The SMILES string of the molecule is Clc1ccccc1CSCCCNC1CCCCC1. The van der Waals surface area contributed by atoms with E-state index in [0.29, 0.717) is 0 Å². The average molecular weight is 298 g/mol. The zero-order chi connectivity index (χ0) is 13.3. The van der Waals surface area contributed by atoms with Crippen molar-refractivity contribution in [3.8, 4) is 0 Å². The molecule has 106 valence electrons. The first-order valence-corrected chi connectivity index (χ1v) is 8.94. The molecule has 0 aromatic heterocycles. The van der Waals surface area contributed by atoms with Crippen LogP contribution in [0.25, 0.3) is 0 Å². The van der Waals surface area contributed by atoms with Crippen LogP contribution in [0.15, 0.2) is 24.3 Å². The molecule has 3 heteroatoms. The smallest absolute Gasteiger partial charge is 0.0446 e. The second-order valence-corrected chi connectivity index (χ2v) is 6.80. The monoisotopic (exact) mass is 297 g/mol. The summed E-state index contributed by atoms with van der Waals surface area (Å²) in [6.45, 7) is 1.17. The molecule has 1 aromatic rings.